The Kier molecular flexibility index (Phi) is 6.29. The Labute approximate surface area is 161 Å². The first-order chi connectivity index (χ1) is 12.9. The van der Waals surface area contributed by atoms with Crippen LogP contribution in [-0.4, -0.2) is 49.3 Å². The lowest BCUT2D eigenvalue weighted by atomic mass is 9.84. The molecule has 6 nitrogen and oxygen atoms in total. The average molecular weight is 393 g/mol. The maximum Gasteiger partial charge on any atom is 0.222 e. The van der Waals surface area contributed by atoms with Crippen molar-refractivity contribution in [3.8, 4) is 0 Å². The van der Waals surface area contributed by atoms with Crippen molar-refractivity contribution in [2.45, 2.75) is 62.2 Å². The zero-order valence-electron chi connectivity index (χ0n) is 15.9. The molecule has 0 aromatic carbocycles. The second-order valence-electron chi connectivity index (χ2n) is 7.76. The third kappa shape index (κ3) is 4.94. The number of Topliss-reactive ketones (excluding diaryl/α,β-unsaturated/α-hetero) is 1. The molecule has 0 N–H and O–H groups in total. The van der Waals surface area contributed by atoms with Gasteiger partial charge in [0.1, 0.15) is 5.78 Å². The monoisotopic (exact) mass is 392 g/mol. The van der Waals surface area contributed by atoms with Gasteiger partial charge in [-0.25, -0.2) is 8.42 Å². The van der Waals surface area contributed by atoms with E-state index in [1.807, 2.05) is 4.90 Å². The highest BCUT2D eigenvalue weighted by Gasteiger charge is 2.29. The molecule has 1 atom stereocenters. The number of piperidine rings is 1. The number of likely N-dealkylation sites (tertiary alicyclic amines) is 1. The highest BCUT2D eigenvalue weighted by atomic mass is 32.2. The Bertz CT molecular complexity index is 798. The normalized spacial score (nSPS) is 22.0. The van der Waals surface area contributed by atoms with Gasteiger partial charge in [0.2, 0.25) is 5.91 Å². The van der Waals surface area contributed by atoms with Gasteiger partial charge in [0.05, 0.1) is 10.6 Å². The van der Waals surface area contributed by atoms with Crippen LogP contribution in [0.25, 0.3) is 0 Å². The first kappa shape index (κ1) is 20.0. The molecular weight excluding hydrogens is 364 g/mol. The Morgan fingerprint density at radius 2 is 1.96 bits per heavy atom. The second-order valence-corrected chi connectivity index (χ2v) is 9.75. The number of aromatic nitrogens is 1. The van der Waals surface area contributed by atoms with Gasteiger partial charge >= 0.3 is 0 Å². The highest BCUT2D eigenvalue weighted by molar-refractivity contribution is 7.90. The van der Waals surface area contributed by atoms with Crippen LogP contribution in [0.1, 0.15) is 63.0 Å². The Morgan fingerprint density at radius 3 is 2.63 bits per heavy atom. The zero-order valence-corrected chi connectivity index (χ0v) is 16.7. The third-order valence-electron chi connectivity index (χ3n) is 5.82. The summed E-state index contributed by atoms with van der Waals surface area (Å²) >= 11 is 0. The minimum absolute atomic E-state index is 0.0555. The molecule has 2 fully saturated rings. The van der Waals surface area contributed by atoms with Crippen molar-refractivity contribution >= 4 is 21.5 Å². The topological polar surface area (TPSA) is 84.4 Å². The molecule has 148 valence electrons. The second kappa shape index (κ2) is 8.50. The molecule has 1 aromatic heterocycles. The summed E-state index contributed by atoms with van der Waals surface area (Å²) < 4.78 is 24.0. The van der Waals surface area contributed by atoms with Crippen molar-refractivity contribution in [2.75, 3.05) is 19.3 Å². The van der Waals surface area contributed by atoms with Gasteiger partial charge in [-0.3, -0.25) is 14.6 Å². The van der Waals surface area contributed by atoms with Crippen molar-refractivity contribution in [3.05, 3.63) is 24.0 Å². The quantitative estimate of drug-likeness (QED) is 0.769. The molecule has 1 aliphatic carbocycles. The predicted octanol–water partition coefficient (Wildman–Crippen LogP) is 2.73. The number of hydrogen-bond acceptors (Lipinski definition) is 5. The molecule has 1 saturated heterocycles. The maximum absolute atomic E-state index is 12.5. The molecule has 0 radical (unpaired) electrons. The lowest BCUT2D eigenvalue weighted by Crippen LogP contribution is -2.38. The fraction of sp³-hybridized carbons (Fsp3) is 0.650. The number of pyridine rings is 1. The molecule has 7 heteroatoms. The van der Waals surface area contributed by atoms with Crippen LogP contribution >= 0.6 is 0 Å². The molecule has 3 rings (SSSR count). The summed E-state index contributed by atoms with van der Waals surface area (Å²) in [6.07, 6.45) is 9.01. The van der Waals surface area contributed by atoms with Crippen LogP contribution in [0.4, 0.5) is 0 Å². The summed E-state index contributed by atoms with van der Waals surface area (Å²) in [7, 11) is -3.31. The van der Waals surface area contributed by atoms with Crippen molar-refractivity contribution in [2.24, 2.45) is 5.92 Å². The van der Waals surface area contributed by atoms with Gasteiger partial charge < -0.3 is 4.90 Å². The number of carbonyl (C=O) groups is 2. The molecular formula is C20H28N2O4S. The molecule has 1 amide bonds. The third-order valence-corrected chi connectivity index (χ3v) is 6.97. The standard InChI is InChI=1S/C20H28N2O4S/c1-27(25,26)18-7-4-12-21-20(18)16-10-13-22(14-11-16)19(24)9-8-15-5-2-3-6-17(15)23/h4,7,12,15-16H,2-3,5-6,8-11,13-14H2,1H3/t15-/m0/s1. The summed E-state index contributed by atoms with van der Waals surface area (Å²) in [4.78, 5) is 30.9. The van der Waals surface area contributed by atoms with Crippen LogP contribution in [-0.2, 0) is 19.4 Å². The maximum atomic E-state index is 12.5. The summed E-state index contributed by atoms with van der Waals surface area (Å²) in [6.45, 7) is 1.23. The number of rotatable bonds is 5. The van der Waals surface area contributed by atoms with Gasteiger partial charge in [-0.05, 0) is 44.2 Å². The van der Waals surface area contributed by atoms with E-state index < -0.39 is 9.84 Å². The smallest absolute Gasteiger partial charge is 0.222 e. The molecule has 2 heterocycles. The van der Waals surface area contributed by atoms with E-state index in [2.05, 4.69) is 4.98 Å². The summed E-state index contributed by atoms with van der Waals surface area (Å²) in [6, 6.07) is 3.25. The fourth-order valence-corrected chi connectivity index (χ4v) is 5.17. The van der Waals surface area contributed by atoms with Crippen LogP contribution in [0.15, 0.2) is 23.2 Å². The first-order valence-electron chi connectivity index (χ1n) is 9.81. The summed E-state index contributed by atoms with van der Waals surface area (Å²) in [5.41, 5.74) is 0.625. The van der Waals surface area contributed by atoms with Gasteiger partial charge in [-0.1, -0.05) is 6.42 Å². The zero-order chi connectivity index (χ0) is 19.4. The average Bonchev–Trinajstić information content (AvgIpc) is 2.66. The lowest BCUT2D eigenvalue weighted by Gasteiger charge is -2.32. The first-order valence-corrected chi connectivity index (χ1v) is 11.7. The van der Waals surface area contributed by atoms with E-state index in [0.717, 1.165) is 19.3 Å². The molecule has 0 unspecified atom stereocenters. The summed E-state index contributed by atoms with van der Waals surface area (Å²) in [5, 5.41) is 0. The molecule has 27 heavy (non-hydrogen) atoms. The van der Waals surface area contributed by atoms with E-state index in [-0.39, 0.29) is 17.7 Å². The highest BCUT2D eigenvalue weighted by Crippen LogP contribution is 2.31. The predicted molar refractivity (Wildman–Crippen MR) is 102 cm³/mol. The van der Waals surface area contributed by atoms with Crippen LogP contribution in [0.5, 0.6) is 0 Å². The van der Waals surface area contributed by atoms with Gasteiger partial charge in [-0.15, -0.1) is 0 Å². The van der Waals surface area contributed by atoms with E-state index in [9.17, 15) is 18.0 Å². The molecule has 2 aliphatic rings. The van der Waals surface area contributed by atoms with Crippen molar-refractivity contribution in [1.29, 1.82) is 0 Å². The fourth-order valence-electron chi connectivity index (χ4n) is 4.24. The van der Waals surface area contributed by atoms with Crippen molar-refractivity contribution < 1.29 is 18.0 Å². The van der Waals surface area contributed by atoms with Crippen molar-refractivity contribution in [1.82, 2.24) is 9.88 Å². The number of ketones is 1. The lowest BCUT2D eigenvalue weighted by molar-refractivity contribution is -0.133. The van der Waals surface area contributed by atoms with Gasteiger partial charge in [-0.2, -0.15) is 0 Å². The Hall–Kier alpha value is -1.76. The van der Waals surface area contributed by atoms with E-state index in [4.69, 9.17) is 0 Å². The number of sulfone groups is 1. The molecule has 0 bridgehead atoms. The minimum atomic E-state index is -3.31. The largest absolute Gasteiger partial charge is 0.343 e. The minimum Gasteiger partial charge on any atom is -0.343 e. The molecule has 1 saturated carbocycles. The molecule has 0 spiro atoms. The molecule has 1 aliphatic heterocycles. The summed E-state index contributed by atoms with van der Waals surface area (Å²) in [5.74, 6) is 0.540. The van der Waals surface area contributed by atoms with Gasteiger partial charge in [0, 0.05) is 50.2 Å². The van der Waals surface area contributed by atoms with Crippen LogP contribution in [0.3, 0.4) is 0 Å². The number of amides is 1. The van der Waals surface area contributed by atoms with E-state index in [1.165, 1.54) is 6.26 Å². The van der Waals surface area contributed by atoms with Crippen LogP contribution < -0.4 is 0 Å². The molecule has 1 aromatic rings. The number of carbonyl (C=O) groups excluding carboxylic acids is 2. The van der Waals surface area contributed by atoms with Crippen LogP contribution in [0.2, 0.25) is 0 Å². The van der Waals surface area contributed by atoms with Gasteiger partial charge in [0.25, 0.3) is 0 Å². The SMILES string of the molecule is CS(=O)(=O)c1cccnc1C1CCN(C(=O)CC[C@@H]2CCCCC2=O)CC1. The number of hydrogen-bond donors (Lipinski definition) is 0. The van der Waals surface area contributed by atoms with Gasteiger partial charge in [0.15, 0.2) is 9.84 Å². The van der Waals surface area contributed by atoms with E-state index in [1.54, 1.807) is 18.3 Å². The van der Waals surface area contributed by atoms with Crippen molar-refractivity contribution in [3.63, 3.8) is 0 Å². The van der Waals surface area contributed by atoms with E-state index in [0.29, 0.717) is 61.6 Å². The number of nitrogens with zero attached hydrogens (tertiary/aromatic N) is 2. The Balaban J connectivity index is 1.55. The van der Waals surface area contributed by atoms with E-state index >= 15 is 0 Å². The Morgan fingerprint density at radius 1 is 1.22 bits per heavy atom. The van der Waals surface area contributed by atoms with Crippen LogP contribution in [0, 0.1) is 5.92 Å².